The van der Waals surface area contributed by atoms with Crippen molar-refractivity contribution in [2.24, 2.45) is 11.7 Å². The molecule has 1 aromatic carbocycles. The van der Waals surface area contributed by atoms with Gasteiger partial charge in [-0.15, -0.1) is 0 Å². The van der Waals surface area contributed by atoms with Gasteiger partial charge in [0, 0.05) is 12.5 Å². The number of nitrogens with one attached hydrogen (secondary N) is 1. The van der Waals surface area contributed by atoms with E-state index in [0.717, 1.165) is 18.4 Å². The Morgan fingerprint density at radius 1 is 1.59 bits per heavy atom. The molecule has 0 aliphatic heterocycles. The maximum Gasteiger partial charge on any atom is 0.225 e. The second-order valence-electron chi connectivity index (χ2n) is 4.74. The summed E-state index contributed by atoms with van der Waals surface area (Å²) in [6.45, 7) is 1.96. The SMILES string of the molecule is Cc1ccc(Cl)c(NC(=O)CC(N)C2CC2)c1. The van der Waals surface area contributed by atoms with Crippen LogP contribution < -0.4 is 11.1 Å². The highest BCUT2D eigenvalue weighted by molar-refractivity contribution is 6.33. The van der Waals surface area contributed by atoms with Crippen LogP contribution in [0, 0.1) is 12.8 Å². The largest absolute Gasteiger partial charge is 0.327 e. The Labute approximate surface area is 106 Å². The molecule has 0 bridgehead atoms. The molecule has 4 heteroatoms. The number of halogens is 1. The molecule has 2 rings (SSSR count). The minimum atomic E-state index is -0.0584. The maximum atomic E-state index is 11.8. The fourth-order valence-corrected chi connectivity index (χ4v) is 2.01. The summed E-state index contributed by atoms with van der Waals surface area (Å²) in [4.78, 5) is 11.8. The van der Waals surface area contributed by atoms with Crippen molar-refractivity contribution in [2.75, 3.05) is 5.32 Å². The van der Waals surface area contributed by atoms with E-state index in [1.165, 1.54) is 0 Å². The molecule has 1 atom stereocenters. The number of carbonyl (C=O) groups is 1. The summed E-state index contributed by atoms with van der Waals surface area (Å²) in [6, 6.07) is 5.54. The van der Waals surface area contributed by atoms with Gasteiger partial charge in [-0.25, -0.2) is 0 Å². The van der Waals surface area contributed by atoms with Crippen LogP contribution in [-0.4, -0.2) is 11.9 Å². The second-order valence-corrected chi connectivity index (χ2v) is 5.14. The van der Waals surface area contributed by atoms with Gasteiger partial charge in [-0.2, -0.15) is 0 Å². The fraction of sp³-hybridized carbons (Fsp3) is 0.462. The molecule has 0 spiro atoms. The van der Waals surface area contributed by atoms with Gasteiger partial charge in [0.05, 0.1) is 10.7 Å². The van der Waals surface area contributed by atoms with Crippen molar-refractivity contribution in [1.29, 1.82) is 0 Å². The third-order valence-corrected chi connectivity index (χ3v) is 3.37. The minimum absolute atomic E-state index is 0.0152. The van der Waals surface area contributed by atoms with Gasteiger partial charge < -0.3 is 11.1 Å². The molecule has 1 aliphatic rings. The highest BCUT2D eigenvalue weighted by Crippen LogP contribution is 2.33. The van der Waals surface area contributed by atoms with Crippen LogP contribution in [0.5, 0.6) is 0 Å². The monoisotopic (exact) mass is 252 g/mol. The first kappa shape index (κ1) is 12.4. The standard InChI is InChI=1S/C13H17ClN2O/c1-8-2-5-10(14)12(6-8)16-13(17)7-11(15)9-3-4-9/h2,5-6,9,11H,3-4,7,15H2,1H3,(H,16,17). The first-order chi connectivity index (χ1) is 8.06. The Hall–Kier alpha value is -1.06. The molecular formula is C13H17ClN2O. The van der Waals surface area contributed by atoms with Crippen LogP contribution in [-0.2, 0) is 4.79 Å². The molecule has 3 nitrogen and oxygen atoms in total. The summed E-state index contributed by atoms with van der Waals surface area (Å²) >= 11 is 6.01. The molecule has 1 saturated carbocycles. The quantitative estimate of drug-likeness (QED) is 0.866. The van der Waals surface area contributed by atoms with E-state index in [-0.39, 0.29) is 11.9 Å². The van der Waals surface area contributed by atoms with E-state index in [4.69, 9.17) is 17.3 Å². The zero-order valence-electron chi connectivity index (χ0n) is 9.87. The maximum absolute atomic E-state index is 11.8. The van der Waals surface area contributed by atoms with Gasteiger partial charge >= 0.3 is 0 Å². The molecule has 92 valence electrons. The van der Waals surface area contributed by atoms with Crippen LogP contribution in [0.2, 0.25) is 5.02 Å². The van der Waals surface area contributed by atoms with Crippen LogP contribution in [0.15, 0.2) is 18.2 Å². The summed E-state index contributed by atoms with van der Waals surface area (Å²) in [5.74, 6) is 0.477. The predicted octanol–water partition coefficient (Wildman–Crippen LogP) is 2.71. The highest BCUT2D eigenvalue weighted by Gasteiger charge is 2.29. The van der Waals surface area contributed by atoms with Crippen molar-refractivity contribution in [3.05, 3.63) is 28.8 Å². The van der Waals surface area contributed by atoms with Gasteiger partial charge in [0.15, 0.2) is 0 Å². The normalized spacial score (nSPS) is 16.6. The summed E-state index contributed by atoms with van der Waals surface area (Å²) in [5, 5.41) is 3.37. The number of nitrogens with two attached hydrogens (primary N) is 1. The topological polar surface area (TPSA) is 55.1 Å². The van der Waals surface area contributed by atoms with Gasteiger partial charge in [0.1, 0.15) is 0 Å². The highest BCUT2D eigenvalue weighted by atomic mass is 35.5. The Balaban J connectivity index is 1.94. The number of benzene rings is 1. The molecule has 1 unspecified atom stereocenters. The number of aryl methyl sites for hydroxylation is 1. The zero-order valence-corrected chi connectivity index (χ0v) is 10.6. The van der Waals surface area contributed by atoms with E-state index < -0.39 is 0 Å². The molecule has 1 aromatic rings. The van der Waals surface area contributed by atoms with Gasteiger partial charge in [0.2, 0.25) is 5.91 Å². The lowest BCUT2D eigenvalue weighted by atomic mass is 10.1. The molecular weight excluding hydrogens is 236 g/mol. The molecule has 0 radical (unpaired) electrons. The van der Waals surface area contributed by atoms with Crippen molar-refractivity contribution < 1.29 is 4.79 Å². The van der Waals surface area contributed by atoms with Crippen LogP contribution in [0.1, 0.15) is 24.8 Å². The first-order valence-electron chi connectivity index (χ1n) is 5.88. The van der Waals surface area contributed by atoms with Gasteiger partial charge in [0.25, 0.3) is 0 Å². The zero-order chi connectivity index (χ0) is 12.4. The van der Waals surface area contributed by atoms with Crippen molar-refractivity contribution in [3.63, 3.8) is 0 Å². The third kappa shape index (κ3) is 3.45. The lowest BCUT2D eigenvalue weighted by Gasteiger charge is -2.11. The molecule has 1 amide bonds. The molecule has 1 aliphatic carbocycles. The summed E-state index contributed by atoms with van der Waals surface area (Å²) in [6.07, 6.45) is 2.67. The van der Waals surface area contributed by atoms with Gasteiger partial charge in [-0.1, -0.05) is 17.7 Å². The molecule has 0 aromatic heterocycles. The molecule has 0 saturated heterocycles. The predicted molar refractivity (Wildman–Crippen MR) is 70.1 cm³/mol. The number of anilines is 1. The molecule has 3 N–H and O–H groups in total. The number of hydrogen-bond donors (Lipinski definition) is 2. The molecule has 0 heterocycles. The summed E-state index contributed by atoms with van der Waals surface area (Å²) in [7, 11) is 0. The van der Waals surface area contributed by atoms with Crippen LogP contribution in [0.3, 0.4) is 0 Å². The Bertz CT molecular complexity index is 429. The summed E-state index contributed by atoms with van der Waals surface area (Å²) < 4.78 is 0. The second kappa shape index (κ2) is 5.07. The van der Waals surface area contributed by atoms with E-state index in [1.54, 1.807) is 6.07 Å². The molecule has 17 heavy (non-hydrogen) atoms. The van der Waals surface area contributed by atoms with Crippen molar-refractivity contribution in [2.45, 2.75) is 32.2 Å². The van der Waals surface area contributed by atoms with Gasteiger partial charge in [-0.05, 0) is 43.4 Å². The average Bonchev–Trinajstić information content (AvgIpc) is 3.06. The van der Waals surface area contributed by atoms with E-state index in [2.05, 4.69) is 5.32 Å². The minimum Gasteiger partial charge on any atom is -0.327 e. The van der Waals surface area contributed by atoms with Crippen LogP contribution in [0.4, 0.5) is 5.69 Å². The van der Waals surface area contributed by atoms with E-state index in [1.807, 2.05) is 19.1 Å². The average molecular weight is 253 g/mol. The third-order valence-electron chi connectivity index (χ3n) is 3.04. The van der Waals surface area contributed by atoms with Crippen molar-refractivity contribution in [1.82, 2.24) is 0 Å². The van der Waals surface area contributed by atoms with E-state index in [9.17, 15) is 4.79 Å². The summed E-state index contributed by atoms with van der Waals surface area (Å²) in [5.41, 5.74) is 7.64. The molecule has 1 fully saturated rings. The number of carbonyl (C=O) groups excluding carboxylic acids is 1. The first-order valence-corrected chi connectivity index (χ1v) is 6.25. The van der Waals surface area contributed by atoms with E-state index in [0.29, 0.717) is 23.0 Å². The van der Waals surface area contributed by atoms with Crippen LogP contribution in [0.25, 0.3) is 0 Å². The van der Waals surface area contributed by atoms with E-state index >= 15 is 0 Å². The lowest BCUT2D eigenvalue weighted by molar-refractivity contribution is -0.116. The van der Waals surface area contributed by atoms with Crippen molar-refractivity contribution in [3.8, 4) is 0 Å². The Kier molecular flexibility index (Phi) is 3.69. The fourth-order valence-electron chi connectivity index (χ4n) is 1.84. The van der Waals surface area contributed by atoms with Crippen LogP contribution >= 0.6 is 11.6 Å². The van der Waals surface area contributed by atoms with Crippen molar-refractivity contribution >= 4 is 23.2 Å². The smallest absolute Gasteiger partial charge is 0.225 e. The van der Waals surface area contributed by atoms with Gasteiger partial charge in [-0.3, -0.25) is 4.79 Å². The number of amides is 1. The number of rotatable bonds is 4. The lowest BCUT2D eigenvalue weighted by Crippen LogP contribution is -2.28. The number of hydrogen-bond acceptors (Lipinski definition) is 2. The Morgan fingerprint density at radius 2 is 2.29 bits per heavy atom. The Morgan fingerprint density at radius 3 is 2.94 bits per heavy atom.